The van der Waals surface area contributed by atoms with Crippen molar-refractivity contribution in [3.05, 3.63) is 23.8 Å². The number of likely N-dealkylation sites (tertiary alicyclic amines) is 1. The van der Waals surface area contributed by atoms with E-state index in [0.29, 0.717) is 12.1 Å². The molecule has 0 saturated carbocycles. The number of anilines is 1. The van der Waals surface area contributed by atoms with E-state index in [9.17, 15) is 4.79 Å². The van der Waals surface area contributed by atoms with Crippen molar-refractivity contribution in [2.45, 2.75) is 31.7 Å². The van der Waals surface area contributed by atoms with E-state index in [0.717, 1.165) is 24.3 Å². The molecule has 1 saturated heterocycles. The first-order valence-corrected chi connectivity index (χ1v) is 6.64. The molecule has 4 heteroatoms. The van der Waals surface area contributed by atoms with E-state index < -0.39 is 0 Å². The predicted molar refractivity (Wildman–Crippen MR) is 70.7 cm³/mol. The zero-order chi connectivity index (χ0) is 12.5. The van der Waals surface area contributed by atoms with Crippen LogP contribution in [0.3, 0.4) is 0 Å². The number of amides is 1. The molecule has 95 valence electrons. The predicted octanol–water partition coefficient (Wildman–Crippen LogP) is 1.95. The molecule has 1 atom stereocenters. The second-order valence-electron chi connectivity index (χ2n) is 5.14. The Morgan fingerprint density at radius 2 is 2.00 bits per heavy atom. The van der Waals surface area contributed by atoms with Crippen LogP contribution in [0.2, 0.25) is 0 Å². The van der Waals surface area contributed by atoms with Crippen molar-refractivity contribution in [3.8, 4) is 0 Å². The molecule has 0 bridgehead atoms. The Hall–Kier alpha value is -1.55. The molecular formula is C14H18N3O. The zero-order valence-corrected chi connectivity index (χ0v) is 10.4. The van der Waals surface area contributed by atoms with Gasteiger partial charge in [0.25, 0.3) is 0 Å². The van der Waals surface area contributed by atoms with Gasteiger partial charge in [0.1, 0.15) is 0 Å². The van der Waals surface area contributed by atoms with E-state index in [1.807, 2.05) is 12.1 Å². The Morgan fingerprint density at radius 1 is 1.22 bits per heavy atom. The van der Waals surface area contributed by atoms with Gasteiger partial charge in [-0.05, 0) is 38.1 Å². The van der Waals surface area contributed by atoms with Gasteiger partial charge >= 0.3 is 0 Å². The fourth-order valence-electron chi connectivity index (χ4n) is 2.95. The second-order valence-corrected chi connectivity index (χ2v) is 5.14. The highest BCUT2D eigenvalue weighted by atomic mass is 16.2. The summed E-state index contributed by atoms with van der Waals surface area (Å²) in [6, 6.07) is 5.42. The van der Waals surface area contributed by atoms with Crippen molar-refractivity contribution in [1.29, 1.82) is 0 Å². The van der Waals surface area contributed by atoms with Crippen LogP contribution in [-0.4, -0.2) is 29.9 Å². The highest BCUT2D eigenvalue weighted by Crippen LogP contribution is 2.30. The summed E-state index contributed by atoms with van der Waals surface area (Å²) >= 11 is 0. The monoisotopic (exact) mass is 244 g/mol. The van der Waals surface area contributed by atoms with E-state index in [1.165, 1.54) is 19.3 Å². The minimum absolute atomic E-state index is 0.0794. The van der Waals surface area contributed by atoms with Gasteiger partial charge in [-0.25, -0.2) is 0 Å². The maximum Gasteiger partial charge on any atom is 0.242 e. The SMILES string of the molecule is [NH]c1cccc2c1CC(N1CCCCC1)C(=O)N2. The van der Waals surface area contributed by atoms with Crippen molar-refractivity contribution in [3.63, 3.8) is 0 Å². The van der Waals surface area contributed by atoms with Gasteiger partial charge in [-0.2, -0.15) is 0 Å². The third kappa shape index (κ3) is 1.97. The number of hydrogen-bond donors (Lipinski definition) is 1. The summed E-state index contributed by atoms with van der Waals surface area (Å²) in [5.74, 6) is 0.0926. The lowest BCUT2D eigenvalue weighted by atomic mass is 9.95. The molecule has 0 spiro atoms. The van der Waals surface area contributed by atoms with Gasteiger partial charge in [0.2, 0.25) is 5.91 Å². The van der Waals surface area contributed by atoms with Crippen LogP contribution in [0.15, 0.2) is 18.2 Å². The van der Waals surface area contributed by atoms with E-state index in [1.54, 1.807) is 6.07 Å². The van der Waals surface area contributed by atoms with Crippen LogP contribution in [0.25, 0.3) is 0 Å². The summed E-state index contributed by atoms with van der Waals surface area (Å²) < 4.78 is 0. The summed E-state index contributed by atoms with van der Waals surface area (Å²) in [7, 11) is 0. The molecule has 1 aromatic rings. The Kier molecular flexibility index (Phi) is 2.96. The van der Waals surface area contributed by atoms with Gasteiger partial charge in [-0.1, -0.05) is 12.5 Å². The average molecular weight is 244 g/mol. The van der Waals surface area contributed by atoms with Gasteiger partial charge in [0.05, 0.1) is 11.7 Å². The number of benzene rings is 1. The Morgan fingerprint density at radius 3 is 2.78 bits per heavy atom. The van der Waals surface area contributed by atoms with E-state index >= 15 is 0 Å². The number of carbonyl (C=O) groups is 1. The molecule has 1 fully saturated rings. The summed E-state index contributed by atoms with van der Waals surface area (Å²) in [6.45, 7) is 2.02. The van der Waals surface area contributed by atoms with E-state index in [4.69, 9.17) is 5.73 Å². The molecular weight excluding hydrogens is 226 g/mol. The topological polar surface area (TPSA) is 56.1 Å². The molecule has 2 aliphatic heterocycles. The third-order valence-corrected chi connectivity index (χ3v) is 3.97. The molecule has 1 aromatic carbocycles. The lowest BCUT2D eigenvalue weighted by molar-refractivity contribution is -0.122. The van der Waals surface area contributed by atoms with Crippen LogP contribution in [0.1, 0.15) is 24.8 Å². The van der Waals surface area contributed by atoms with Gasteiger partial charge < -0.3 is 11.1 Å². The minimum Gasteiger partial charge on any atom is -0.324 e. The zero-order valence-electron chi connectivity index (χ0n) is 10.4. The first kappa shape index (κ1) is 11.5. The number of rotatable bonds is 1. The highest BCUT2D eigenvalue weighted by Gasteiger charge is 2.32. The maximum atomic E-state index is 12.2. The Balaban J connectivity index is 1.86. The van der Waals surface area contributed by atoms with Crippen LogP contribution in [0.4, 0.5) is 11.4 Å². The van der Waals surface area contributed by atoms with Crippen molar-refractivity contribution in [1.82, 2.24) is 10.6 Å². The van der Waals surface area contributed by atoms with Crippen LogP contribution < -0.4 is 11.1 Å². The molecule has 1 amide bonds. The molecule has 1 radical (unpaired) electrons. The molecule has 2 N–H and O–H groups in total. The molecule has 0 aliphatic carbocycles. The largest absolute Gasteiger partial charge is 0.324 e. The van der Waals surface area contributed by atoms with E-state index in [-0.39, 0.29) is 11.9 Å². The molecule has 0 aromatic heterocycles. The molecule has 18 heavy (non-hydrogen) atoms. The Bertz CT molecular complexity index is 466. The quantitative estimate of drug-likeness (QED) is 0.821. The van der Waals surface area contributed by atoms with E-state index in [2.05, 4.69) is 10.2 Å². The minimum atomic E-state index is -0.0794. The number of carbonyl (C=O) groups excluding carboxylic acids is 1. The van der Waals surface area contributed by atoms with Gasteiger partial charge in [0, 0.05) is 17.7 Å². The third-order valence-electron chi connectivity index (χ3n) is 3.97. The van der Waals surface area contributed by atoms with Crippen LogP contribution >= 0.6 is 0 Å². The maximum absolute atomic E-state index is 12.2. The molecule has 3 rings (SSSR count). The van der Waals surface area contributed by atoms with Crippen LogP contribution in [-0.2, 0) is 11.2 Å². The second kappa shape index (κ2) is 4.61. The Labute approximate surface area is 107 Å². The van der Waals surface area contributed by atoms with Crippen molar-refractivity contribution in [2.24, 2.45) is 0 Å². The van der Waals surface area contributed by atoms with Crippen molar-refractivity contribution in [2.75, 3.05) is 18.4 Å². The smallest absolute Gasteiger partial charge is 0.242 e. The number of nitrogens with one attached hydrogen (secondary N) is 2. The van der Waals surface area contributed by atoms with Crippen molar-refractivity contribution >= 4 is 17.3 Å². The first-order valence-electron chi connectivity index (χ1n) is 6.64. The lowest BCUT2D eigenvalue weighted by Gasteiger charge is -2.36. The fourth-order valence-corrected chi connectivity index (χ4v) is 2.95. The molecule has 2 aliphatic rings. The number of piperidine rings is 1. The summed E-state index contributed by atoms with van der Waals surface area (Å²) in [5, 5.41) is 2.95. The summed E-state index contributed by atoms with van der Waals surface area (Å²) in [5.41, 5.74) is 10.3. The van der Waals surface area contributed by atoms with Crippen LogP contribution in [0.5, 0.6) is 0 Å². The summed E-state index contributed by atoms with van der Waals surface area (Å²) in [4.78, 5) is 14.4. The molecule has 2 heterocycles. The molecule has 1 unspecified atom stereocenters. The lowest BCUT2D eigenvalue weighted by Crippen LogP contribution is -2.49. The van der Waals surface area contributed by atoms with Crippen LogP contribution in [0, 0.1) is 0 Å². The van der Waals surface area contributed by atoms with Gasteiger partial charge in [-0.15, -0.1) is 0 Å². The standard InChI is InChI=1S/C14H18N3O/c15-11-5-4-6-12-10(11)9-13(14(18)16-12)17-7-2-1-3-8-17/h4-6,13,15H,1-3,7-9H2,(H,16,18). The number of fused-ring (bicyclic) bond motifs is 1. The average Bonchev–Trinajstić information content (AvgIpc) is 2.39. The van der Waals surface area contributed by atoms with Crippen molar-refractivity contribution < 1.29 is 4.79 Å². The normalized spacial score (nSPS) is 24.4. The number of nitrogens with zero attached hydrogens (tertiary/aromatic N) is 1. The number of hydrogen-bond acceptors (Lipinski definition) is 2. The van der Waals surface area contributed by atoms with Gasteiger partial charge in [0.15, 0.2) is 0 Å². The van der Waals surface area contributed by atoms with Gasteiger partial charge in [-0.3, -0.25) is 9.69 Å². The fraction of sp³-hybridized carbons (Fsp3) is 0.500. The highest BCUT2D eigenvalue weighted by molar-refractivity contribution is 5.98. The summed E-state index contributed by atoms with van der Waals surface area (Å²) in [6.07, 6.45) is 4.31. The molecule has 4 nitrogen and oxygen atoms in total. The first-order chi connectivity index (χ1) is 8.75.